The van der Waals surface area contributed by atoms with Gasteiger partial charge >= 0.3 is 0 Å². The fourth-order valence-corrected chi connectivity index (χ4v) is 1.90. The van der Waals surface area contributed by atoms with Gasteiger partial charge in [-0.2, -0.15) is 0 Å². The predicted octanol–water partition coefficient (Wildman–Crippen LogP) is 2.54. The number of hydrogen-bond donors (Lipinski definition) is 2. The molecule has 1 aromatic rings. The van der Waals surface area contributed by atoms with Crippen LogP contribution in [0.2, 0.25) is 5.02 Å². The Morgan fingerprint density at radius 2 is 2.24 bits per heavy atom. The molecule has 92 valence electrons. The average Bonchev–Trinajstić information content (AvgIpc) is 3.08. The number of nitrogens with two attached hydrogens (primary N) is 1. The Morgan fingerprint density at radius 3 is 2.82 bits per heavy atom. The van der Waals surface area contributed by atoms with Gasteiger partial charge < -0.3 is 11.1 Å². The van der Waals surface area contributed by atoms with Gasteiger partial charge in [0.05, 0.1) is 16.2 Å². The summed E-state index contributed by atoms with van der Waals surface area (Å²) in [5.41, 5.74) is 5.05. The van der Waals surface area contributed by atoms with E-state index in [1.54, 1.807) is 13.0 Å². The van der Waals surface area contributed by atoms with Crippen molar-refractivity contribution in [2.75, 3.05) is 5.32 Å². The second-order valence-electron chi connectivity index (χ2n) is 4.61. The number of amides is 1. The third kappa shape index (κ3) is 2.42. The molecule has 5 heteroatoms. The van der Waals surface area contributed by atoms with E-state index < -0.39 is 11.4 Å². The molecule has 0 heterocycles. The number of hydrogen-bond acceptors (Lipinski definition) is 2. The van der Waals surface area contributed by atoms with Gasteiger partial charge in [0.1, 0.15) is 0 Å². The van der Waals surface area contributed by atoms with Gasteiger partial charge in [0, 0.05) is 0 Å². The van der Waals surface area contributed by atoms with Crippen molar-refractivity contribution in [3.05, 3.63) is 29.0 Å². The summed E-state index contributed by atoms with van der Waals surface area (Å²) in [4.78, 5) is 11.9. The van der Waals surface area contributed by atoms with Crippen molar-refractivity contribution in [2.45, 2.75) is 25.3 Å². The second-order valence-corrected chi connectivity index (χ2v) is 5.02. The molecule has 0 spiro atoms. The maximum absolute atomic E-state index is 13.6. The first kappa shape index (κ1) is 12.3. The third-order valence-electron chi connectivity index (χ3n) is 3.11. The molecule has 0 saturated heterocycles. The maximum atomic E-state index is 13.6. The lowest BCUT2D eigenvalue weighted by molar-refractivity contribution is -0.121. The second kappa shape index (κ2) is 4.27. The van der Waals surface area contributed by atoms with Gasteiger partial charge in [-0.05, 0) is 37.8 Å². The fraction of sp³-hybridized carbons (Fsp3) is 0.417. The lowest BCUT2D eigenvalue weighted by Gasteiger charge is -2.23. The van der Waals surface area contributed by atoms with Gasteiger partial charge in [0.2, 0.25) is 5.91 Å². The Bertz CT molecular complexity index is 458. The van der Waals surface area contributed by atoms with Crippen LogP contribution in [0.3, 0.4) is 0 Å². The number of benzene rings is 1. The first-order chi connectivity index (χ1) is 7.93. The Balaban J connectivity index is 2.15. The summed E-state index contributed by atoms with van der Waals surface area (Å²) in [6, 6.07) is 4.46. The zero-order valence-electron chi connectivity index (χ0n) is 9.47. The summed E-state index contributed by atoms with van der Waals surface area (Å²) < 4.78 is 13.6. The van der Waals surface area contributed by atoms with E-state index in [9.17, 15) is 9.18 Å². The summed E-state index contributed by atoms with van der Waals surface area (Å²) in [5, 5.41) is 2.47. The van der Waals surface area contributed by atoms with Crippen LogP contribution in [0.5, 0.6) is 0 Å². The van der Waals surface area contributed by atoms with Crippen molar-refractivity contribution in [1.29, 1.82) is 0 Å². The van der Waals surface area contributed by atoms with Crippen molar-refractivity contribution >= 4 is 23.2 Å². The largest absolute Gasteiger partial charge is 0.322 e. The minimum Gasteiger partial charge on any atom is -0.322 e. The number of halogens is 2. The molecule has 3 nitrogen and oxygen atoms in total. The molecule has 2 rings (SSSR count). The van der Waals surface area contributed by atoms with Crippen LogP contribution in [-0.4, -0.2) is 11.4 Å². The summed E-state index contributed by atoms with van der Waals surface area (Å²) in [5.74, 6) is -0.819. The lowest BCUT2D eigenvalue weighted by atomic mass is 9.96. The van der Waals surface area contributed by atoms with Crippen molar-refractivity contribution in [3.8, 4) is 0 Å². The quantitative estimate of drug-likeness (QED) is 0.873. The van der Waals surface area contributed by atoms with Crippen molar-refractivity contribution in [2.24, 2.45) is 11.7 Å². The predicted molar refractivity (Wildman–Crippen MR) is 65.4 cm³/mol. The minimum absolute atomic E-state index is 0.0204. The van der Waals surface area contributed by atoms with Crippen LogP contribution in [-0.2, 0) is 4.79 Å². The first-order valence-electron chi connectivity index (χ1n) is 5.47. The van der Waals surface area contributed by atoms with E-state index >= 15 is 0 Å². The highest BCUT2D eigenvalue weighted by Crippen LogP contribution is 2.38. The molecule has 0 bridgehead atoms. The van der Waals surface area contributed by atoms with Gasteiger partial charge in [-0.3, -0.25) is 4.79 Å². The van der Waals surface area contributed by atoms with Gasteiger partial charge in [-0.25, -0.2) is 4.39 Å². The van der Waals surface area contributed by atoms with Crippen molar-refractivity contribution < 1.29 is 9.18 Å². The van der Waals surface area contributed by atoms with Crippen LogP contribution < -0.4 is 11.1 Å². The summed E-state index contributed by atoms with van der Waals surface area (Å²) >= 11 is 5.63. The van der Waals surface area contributed by atoms with Crippen LogP contribution in [0.25, 0.3) is 0 Å². The van der Waals surface area contributed by atoms with E-state index in [1.165, 1.54) is 12.1 Å². The normalized spacial score (nSPS) is 18.6. The topological polar surface area (TPSA) is 55.1 Å². The molecule has 1 aliphatic carbocycles. The molecule has 3 N–H and O–H groups in total. The smallest absolute Gasteiger partial charge is 0.244 e. The van der Waals surface area contributed by atoms with E-state index in [2.05, 4.69) is 5.32 Å². The number of rotatable bonds is 3. The summed E-state index contributed by atoms with van der Waals surface area (Å²) in [6.45, 7) is 1.67. The molecule has 1 fully saturated rings. The Kier molecular flexibility index (Phi) is 3.10. The number of nitrogens with one attached hydrogen (secondary N) is 1. The molecule has 1 amide bonds. The van der Waals surface area contributed by atoms with E-state index in [0.29, 0.717) is 0 Å². The molecule has 1 aromatic carbocycles. The number of carbonyl (C=O) groups is 1. The van der Waals surface area contributed by atoms with E-state index in [0.717, 1.165) is 12.8 Å². The van der Waals surface area contributed by atoms with E-state index in [1.807, 2.05) is 0 Å². The van der Waals surface area contributed by atoms with E-state index in [-0.39, 0.29) is 22.5 Å². The molecule has 0 aromatic heterocycles. The van der Waals surface area contributed by atoms with Crippen LogP contribution in [0.4, 0.5) is 10.1 Å². The molecule has 1 aliphatic rings. The van der Waals surface area contributed by atoms with Crippen LogP contribution in [0, 0.1) is 11.7 Å². The highest BCUT2D eigenvalue weighted by atomic mass is 35.5. The van der Waals surface area contributed by atoms with Crippen LogP contribution in [0.15, 0.2) is 18.2 Å². The third-order valence-corrected chi connectivity index (χ3v) is 3.41. The zero-order valence-corrected chi connectivity index (χ0v) is 10.2. The molecular weight excluding hydrogens is 243 g/mol. The van der Waals surface area contributed by atoms with Gasteiger partial charge in [0.15, 0.2) is 5.82 Å². The molecule has 17 heavy (non-hydrogen) atoms. The van der Waals surface area contributed by atoms with Crippen LogP contribution >= 0.6 is 11.6 Å². The molecule has 0 aliphatic heterocycles. The molecule has 1 unspecified atom stereocenters. The zero-order chi connectivity index (χ0) is 12.6. The molecule has 1 saturated carbocycles. The monoisotopic (exact) mass is 256 g/mol. The standard InChI is InChI=1S/C12H14ClFN2O/c1-12(15,7-5-6-7)11(17)16-9-4-2-3-8(13)10(9)14/h2-4,7H,5-6,15H2,1H3,(H,16,17). The molecule has 1 atom stereocenters. The van der Waals surface area contributed by atoms with E-state index in [4.69, 9.17) is 17.3 Å². The lowest BCUT2D eigenvalue weighted by Crippen LogP contribution is -2.50. The highest BCUT2D eigenvalue weighted by Gasteiger charge is 2.44. The Labute approximate surface area is 104 Å². The summed E-state index contributed by atoms with van der Waals surface area (Å²) in [7, 11) is 0. The molecule has 0 radical (unpaired) electrons. The highest BCUT2D eigenvalue weighted by molar-refractivity contribution is 6.31. The SMILES string of the molecule is CC(N)(C(=O)Nc1cccc(Cl)c1F)C1CC1. The van der Waals surface area contributed by atoms with Crippen molar-refractivity contribution in [1.82, 2.24) is 0 Å². The van der Waals surface area contributed by atoms with Gasteiger partial charge in [0.25, 0.3) is 0 Å². The fourth-order valence-electron chi connectivity index (χ4n) is 1.73. The maximum Gasteiger partial charge on any atom is 0.244 e. The van der Waals surface area contributed by atoms with Gasteiger partial charge in [-0.15, -0.1) is 0 Å². The number of anilines is 1. The van der Waals surface area contributed by atoms with Gasteiger partial charge in [-0.1, -0.05) is 17.7 Å². The van der Waals surface area contributed by atoms with Crippen molar-refractivity contribution in [3.63, 3.8) is 0 Å². The Morgan fingerprint density at radius 1 is 1.59 bits per heavy atom. The number of carbonyl (C=O) groups excluding carboxylic acids is 1. The summed E-state index contributed by atoms with van der Waals surface area (Å²) in [6.07, 6.45) is 1.89. The first-order valence-corrected chi connectivity index (χ1v) is 5.85. The van der Waals surface area contributed by atoms with Crippen LogP contribution in [0.1, 0.15) is 19.8 Å². The average molecular weight is 257 g/mol. The molecular formula is C12H14ClFN2O. The Hall–Kier alpha value is -1.13. The minimum atomic E-state index is -0.950.